The molecule has 0 spiro atoms. The van der Waals surface area contributed by atoms with E-state index in [2.05, 4.69) is 0 Å². The minimum Gasteiger partial charge on any atom is -0.489 e. The van der Waals surface area contributed by atoms with Crippen LogP contribution in [0.3, 0.4) is 0 Å². The van der Waals surface area contributed by atoms with Gasteiger partial charge in [0.05, 0.1) is 17.1 Å². The van der Waals surface area contributed by atoms with Gasteiger partial charge in [-0.05, 0) is 93.0 Å². The number of aromatic nitrogens is 2. The molecule has 1 saturated heterocycles. The van der Waals surface area contributed by atoms with Crippen molar-refractivity contribution in [2.75, 3.05) is 6.61 Å². The van der Waals surface area contributed by atoms with E-state index in [0.717, 1.165) is 52.4 Å². The molecule has 1 aliphatic carbocycles. The Balaban J connectivity index is 1.34. The average Bonchev–Trinajstić information content (AvgIpc) is 3.43. The van der Waals surface area contributed by atoms with Crippen molar-refractivity contribution in [3.8, 4) is 22.6 Å². The number of benzene rings is 3. The van der Waals surface area contributed by atoms with Crippen molar-refractivity contribution in [3.05, 3.63) is 77.7 Å². The van der Waals surface area contributed by atoms with Gasteiger partial charge in [-0.15, -0.1) is 0 Å². The highest BCUT2D eigenvalue weighted by Crippen LogP contribution is 2.41. The largest absolute Gasteiger partial charge is 0.489 e. The number of rotatable bonds is 9. The maximum atomic E-state index is 15.6. The number of carbonyl (C=O) groups is 1. The van der Waals surface area contributed by atoms with Gasteiger partial charge in [-0.2, -0.15) is 5.10 Å². The van der Waals surface area contributed by atoms with Gasteiger partial charge in [0.15, 0.2) is 17.8 Å². The number of aryl methyl sites for hydroxylation is 1. The Kier molecular flexibility index (Phi) is 8.73. The van der Waals surface area contributed by atoms with Gasteiger partial charge in [0.2, 0.25) is 0 Å². The summed E-state index contributed by atoms with van der Waals surface area (Å²) in [7, 11) is 0. The molecule has 3 aromatic carbocycles. The molecule has 238 valence electrons. The predicted molar refractivity (Wildman–Crippen MR) is 171 cm³/mol. The number of fused-ring (bicyclic) bond motifs is 1. The van der Waals surface area contributed by atoms with Crippen LogP contribution in [0.4, 0.5) is 9.18 Å². The van der Waals surface area contributed by atoms with Gasteiger partial charge >= 0.3 is 6.09 Å². The van der Waals surface area contributed by atoms with Crippen molar-refractivity contribution in [1.82, 2.24) is 14.7 Å². The summed E-state index contributed by atoms with van der Waals surface area (Å²) in [5.41, 5.74) is 3.86. The van der Waals surface area contributed by atoms with Crippen LogP contribution in [0, 0.1) is 5.82 Å². The lowest BCUT2D eigenvalue weighted by Gasteiger charge is -2.47. The molecule has 8 nitrogen and oxygen atoms in total. The van der Waals surface area contributed by atoms with E-state index in [1.807, 2.05) is 81.0 Å². The summed E-state index contributed by atoms with van der Waals surface area (Å²) in [6.45, 7) is 8.74. The van der Waals surface area contributed by atoms with E-state index >= 15 is 4.39 Å². The second kappa shape index (κ2) is 12.7. The van der Waals surface area contributed by atoms with Crippen LogP contribution in [-0.4, -0.2) is 50.2 Å². The lowest BCUT2D eigenvalue weighted by Crippen LogP contribution is -2.58. The van der Waals surface area contributed by atoms with E-state index in [1.165, 1.54) is 4.90 Å². The van der Waals surface area contributed by atoms with Crippen molar-refractivity contribution in [3.63, 3.8) is 0 Å². The van der Waals surface area contributed by atoms with Crippen molar-refractivity contribution in [1.29, 1.82) is 0 Å². The molecule has 1 saturated carbocycles. The molecule has 6 rings (SSSR count). The average molecular weight is 616 g/mol. The number of amides is 1. The minimum atomic E-state index is -0.922. The highest BCUT2D eigenvalue weighted by atomic mass is 19.1. The summed E-state index contributed by atoms with van der Waals surface area (Å²) < 4.78 is 36.1. The molecule has 1 amide bonds. The molecule has 1 N–H and O–H groups in total. The number of halogens is 1. The number of carboxylic acid groups (broad SMARTS) is 1. The van der Waals surface area contributed by atoms with Crippen molar-refractivity contribution in [2.24, 2.45) is 0 Å². The van der Waals surface area contributed by atoms with E-state index < -0.39 is 17.4 Å². The lowest BCUT2D eigenvalue weighted by molar-refractivity contribution is -0.0366. The van der Waals surface area contributed by atoms with Gasteiger partial charge in [-0.1, -0.05) is 37.3 Å². The zero-order chi connectivity index (χ0) is 31.7. The zero-order valence-corrected chi connectivity index (χ0v) is 26.5. The van der Waals surface area contributed by atoms with Crippen LogP contribution >= 0.6 is 0 Å². The van der Waals surface area contributed by atoms with Crippen LogP contribution in [-0.2, 0) is 17.8 Å². The number of hydrogen-bond donors (Lipinski definition) is 1. The van der Waals surface area contributed by atoms with E-state index in [9.17, 15) is 9.90 Å². The third-order valence-electron chi connectivity index (χ3n) is 8.85. The Morgan fingerprint density at radius 2 is 1.89 bits per heavy atom. The van der Waals surface area contributed by atoms with Gasteiger partial charge in [0.1, 0.15) is 18.5 Å². The Morgan fingerprint density at radius 1 is 1.11 bits per heavy atom. The normalized spacial score (nSPS) is 20.1. The summed E-state index contributed by atoms with van der Waals surface area (Å²) in [4.78, 5) is 13.5. The van der Waals surface area contributed by atoms with Crippen LogP contribution in [0.25, 0.3) is 22.0 Å². The van der Waals surface area contributed by atoms with Gasteiger partial charge in [0.25, 0.3) is 0 Å². The summed E-state index contributed by atoms with van der Waals surface area (Å²) >= 11 is 0. The molecule has 2 aliphatic rings. The second-order valence-electron chi connectivity index (χ2n) is 13.1. The monoisotopic (exact) mass is 615 g/mol. The zero-order valence-electron chi connectivity index (χ0n) is 26.5. The van der Waals surface area contributed by atoms with Crippen molar-refractivity contribution in [2.45, 2.75) is 96.7 Å². The Morgan fingerprint density at radius 3 is 2.56 bits per heavy atom. The maximum Gasteiger partial charge on any atom is 0.407 e. The highest BCUT2D eigenvalue weighted by Gasteiger charge is 2.42. The smallest absolute Gasteiger partial charge is 0.407 e. The standard InChI is InChI=1S/C36H42FN3O5/c1-5-24-16-33(44-22-23-11-7-6-8-12-23)30(37)20-28(24)25-15-31-29(21-38-40(31)34-13-9-10-14-43-34)32(17-25)45-27-18-26(19-27)39(35(41)42)36(2,3)4/h6-8,11-12,15-17,20-21,26-27,34H,5,9-10,13-14,18-19,22H2,1-4H3,(H,41,42). The summed E-state index contributed by atoms with van der Waals surface area (Å²) in [5, 5.41) is 15.4. The third kappa shape index (κ3) is 6.50. The first-order valence-electron chi connectivity index (χ1n) is 15.9. The number of hydrogen-bond acceptors (Lipinski definition) is 5. The first-order valence-corrected chi connectivity index (χ1v) is 15.9. The number of nitrogens with zero attached hydrogens (tertiary/aromatic N) is 3. The molecule has 1 aromatic heterocycles. The van der Waals surface area contributed by atoms with Crippen molar-refractivity contribution < 1.29 is 28.5 Å². The molecule has 1 unspecified atom stereocenters. The molecule has 4 aromatic rings. The molecule has 0 radical (unpaired) electrons. The molecule has 9 heteroatoms. The minimum absolute atomic E-state index is 0.117. The van der Waals surface area contributed by atoms with E-state index in [1.54, 1.807) is 12.1 Å². The molecule has 1 aliphatic heterocycles. The number of ether oxygens (including phenoxy) is 3. The second-order valence-corrected chi connectivity index (χ2v) is 13.1. The van der Waals surface area contributed by atoms with Gasteiger partial charge < -0.3 is 24.2 Å². The van der Waals surface area contributed by atoms with Gasteiger partial charge in [-0.25, -0.2) is 13.9 Å². The highest BCUT2D eigenvalue weighted by molar-refractivity contribution is 5.91. The molecular formula is C36H42FN3O5. The maximum absolute atomic E-state index is 15.6. The summed E-state index contributed by atoms with van der Waals surface area (Å²) in [6, 6.07) is 16.9. The fourth-order valence-corrected chi connectivity index (χ4v) is 6.53. The van der Waals surface area contributed by atoms with Crippen LogP contribution in [0.5, 0.6) is 11.5 Å². The molecular weight excluding hydrogens is 573 g/mol. The molecule has 2 fully saturated rings. The Labute approximate surface area is 263 Å². The summed E-state index contributed by atoms with van der Waals surface area (Å²) in [5.74, 6) is 0.445. The third-order valence-corrected chi connectivity index (χ3v) is 8.85. The van der Waals surface area contributed by atoms with E-state index in [-0.39, 0.29) is 30.7 Å². The topological polar surface area (TPSA) is 86.0 Å². The van der Waals surface area contributed by atoms with Crippen LogP contribution in [0.15, 0.2) is 60.8 Å². The van der Waals surface area contributed by atoms with Crippen LogP contribution in [0.2, 0.25) is 0 Å². The quantitative estimate of drug-likeness (QED) is 0.204. The van der Waals surface area contributed by atoms with E-state index in [0.29, 0.717) is 31.6 Å². The Hall–Kier alpha value is -4.11. The fourth-order valence-electron chi connectivity index (χ4n) is 6.53. The fraction of sp³-hybridized carbons (Fsp3) is 0.444. The van der Waals surface area contributed by atoms with Crippen molar-refractivity contribution >= 4 is 17.0 Å². The lowest BCUT2D eigenvalue weighted by atomic mass is 9.85. The van der Waals surface area contributed by atoms with Gasteiger partial charge in [0, 0.05) is 31.0 Å². The predicted octanol–water partition coefficient (Wildman–Crippen LogP) is 8.37. The molecule has 45 heavy (non-hydrogen) atoms. The molecule has 0 bridgehead atoms. The van der Waals surface area contributed by atoms with Crippen LogP contribution < -0.4 is 9.47 Å². The first-order chi connectivity index (χ1) is 21.6. The Bertz CT molecular complexity index is 1650. The SMILES string of the molecule is CCc1cc(OCc2ccccc2)c(F)cc1-c1cc(OC2CC(N(C(=O)O)C(C)(C)C)C2)c2cnn(C3CCCCO3)c2c1. The summed E-state index contributed by atoms with van der Waals surface area (Å²) in [6.07, 6.45) is 5.37. The molecule has 1 atom stereocenters. The first kappa shape index (κ1) is 30.9. The van der Waals surface area contributed by atoms with Gasteiger partial charge in [-0.3, -0.25) is 0 Å². The van der Waals surface area contributed by atoms with E-state index in [4.69, 9.17) is 19.3 Å². The molecule has 2 heterocycles. The van der Waals surface area contributed by atoms with Crippen LogP contribution in [0.1, 0.15) is 77.2 Å².